The van der Waals surface area contributed by atoms with Crippen LogP contribution in [0.4, 0.5) is 16.3 Å². The number of ether oxygens (including phenoxy) is 1. The van der Waals surface area contributed by atoms with Gasteiger partial charge in [-0.05, 0) is 43.3 Å². The zero-order chi connectivity index (χ0) is 19.9. The molecule has 142 valence electrons. The van der Waals surface area contributed by atoms with Crippen LogP contribution in [0, 0.1) is 11.8 Å². The van der Waals surface area contributed by atoms with Gasteiger partial charge in [0, 0.05) is 29.1 Å². The largest absolute Gasteiger partial charge is 0.481 e. The molecule has 2 aromatic carbocycles. The summed E-state index contributed by atoms with van der Waals surface area (Å²) in [6, 6.07) is 11.7. The average Bonchev–Trinajstić information content (AvgIpc) is 3.07. The zero-order valence-electron chi connectivity index (χ0n) is 15.6. The van der Waals surface area contributed by atoms with Crippen LogP contribution in [0.15, 0.2) is 42.5 Å². The molecule has 2 amide bonds. The van der Waals surface area contributed by atoms with Gasteiger partial charge in [-0.1, -0.05) is 12.8 Å². The fourth-order valence-corrected chi connectivity index (χ4v) is 2.54. The van der Waals surface area contributed by atoms with E-state index in [0.717, 1.165) is 17.3 Å². The highest BCUT2D eigenvalue weighted by Gasteiger charge is 2.10. The SMILES string of the molecule is CCC#CCOc1ccc2c(NC(=O)Nc3ccc(C(C)=O)cc3)n[nH]c2c1. The summed E-state index contributed by atoms with van der Waals surface area (Å²) in [7, 11) is 0. The number of H-pyrrole nitrogens is 1. The monoisotopic (exact) mass is 376 g/mol. The number of carbonyl (C=O) groups is 2. The van der Waals surface area contributed by atoms with E-state index in [9.17, 15) is 9.59 Å². The first-order valence-electron chi connectivity index (χ1n) is 8.82. The molecule has 1 aromatic heterocycles. The Hall–Kier alpha value is -3.79. The number of urea groups is 1. The third-order valence-electron chi connectivity index (χ3n) is 3.93. The van der Waals surface area contributed by atoms with Gasteiger partial charge in [-0.15, -0.1) is 5.92 Å². The Bertz CT molecular complexity index is 1060. The van der Waals surface area contributed by atoms with Gasteiger partial charge in [0.1, 0.15) is 12.4 Å². The summed E-state index contributed by atoms with van der Waals surface area (Å²) in [5.41, 5.74) is 1.90. The van der Waals surface area contributed by atoms with Gasteiger partial charge < -0.3 is 10.1 Å². The molecule has 0 spiro atoms. The van der Waals surface area contributed by atoms with Crippen LogP contribution >= 0.6 is 0 Å². The molecule has 28 heavy (non-hydrogen) atoms. The average molecular weight is 376 g/mol. The minimum atomic E-state index is -0.431. The van der Waals surface area contributed by atoms with E-state index in [4.69, 9.17) is 4.74 Å². The van der Waals surface area contributed by atoms with Crippen LogP contribution in [0.1, 0.15) is 30.6 Å². The predicted octanol–water partition coefficient (Wildman–Crippen LogP) is 4.20. The van der Waals surface area contributed by atoms with Gasteiger partial charge in [-0.25, -0.2) is 4.79 Å². The van der Waals surface area contributed by atoms with Gasteiger partial charge in [-0.2, -0.15) is 5.10 Å². The van der Waals surface area contributed by atoms with Gasteiger partial charge in [-0.3, -0.25) is 15.2 Å². The second-order valence-corrected chi connectivity index (χ2v) is 5.99. The standard InChI is InChI=1S/C21H20N4O3/c1-3-4-5-12-28-17-10-11-18-19(13-17)24-25-20(18)23-21(27)22-16-8-6-15(7-9-16)14(2)26/h6-11,13H,3,12H2,1-2H3,(H3,22,23,24,25,27). The molecule has 3 rings (SSSR count). The maximum Gasteiger partial charge on any atom is 0.324 e. The van der Waals surface area contributed by atoms with Crippen molar-refractivity contribution in [2.45, 2.75) is 20.3 Å². The fourth-order valence-electron chi connectivity index (χ4n) is 2.54. The second-order valence-electron chi connectivity index (χ2n) is 5.99. The van der Waals surface area contributed by atoms with E-state index in [2.05, 4.69) is 32.7 Å². The quantitative estimate of drug-likeness (QED) is 0.459. The molecule has 0 saturated heterocycles. The van der Waals surface area contributed by atoms with Crippen LogP contribution in [-0.4, -0.2) is 28.6 Å². The summed E-state index contributed by atoms with van der Waals surface area (Å²) < 4.78 is 5.57. The van der Waals surface area contributed by atoms with Crippen molar-refractivity contribution in [2.24, 2.45) is 0 Å². The maximum atomic E-state index is 12.2. The van der Waals surface area contributed by atoms with Crippen molar-refractivity contribution in [3.63, 3.8) is 0 Å². The summed E-state index contributed by atoms with van der Waals surface area (Å²) in [6.07, 6.45) is 0.793. The van der Waals surface area contributed by atoms with E-state index >= 15 is 0 Å². The Kier molecular flexibility index (Phi) is 5.92. The Morgan fingerprint density at radius 2 is 1.89 bits per heavy atom. The molecule has 0 radical (unpaired) electrons. The number of nitrogens with zero attached hydrogens (tertiary/aromatic N) is 1. The van der Waals surface area contributed by atoms with Crippen LogP contribution < -0.4 is 15.4 Å². The van der Waals surface area contributed by atoms with Crippen LogP contribution in [0.3, 0.4) is 0 Å². The molecule has 0 aliphatic heterocycles. The van der Waals surface area contributed by atoms with Gasteiger partial charge >= 0.3 is 6.03 Å². The summed E-state index contributed by atoms with van der Waals surface area (Å²) >= 11 is 0. The normalized spacial score (nSPS) is 10.1. The number of rotatable bonds is 5. The lowest BCUT2D eigenvalue weighted by Crippen LogP contribution is -2.19. The van der Waals surface area contributed by atoms with Gasteiger partial charge in [0.2, 0.25) is 0 Å². The number of fused-ring (bicyclic) bond motifs is 1. The van der Waals surface area contributed by atoms with E-state index in [-0.39, 0.29) is 5.78 Å². The van der Waals surface area contributed by atoms with Gasteiger partial charge in [0.05, 0.1) is 5.52 Å². The third-order valence-corrected chi connectivity index (χ3v) is 3.93. The first-order valence-corrected chi connectivity index (χ1v) is 8.82. The van der Waals surface area contributed by atoms with E-state index in [1.54, 1.807) is 36.4 Å². The van der Waals surface area contributed by atoms with E-state index in [1.807, 2.05) is 13.0 Å². The molecule has 0 saturated carbocycles. The van der Waals surface area contributed by atoms with Gasteiger partial charge in [0.15, 0.2) is 11.6 Å². The highest BCUT2D eigenvalue weighted by Crippen LogP contribution is 2.25. The first-order chi connectivity index (χ1) is 13.6. The minimum Gasteiger partial charge on any atom is -0.481 e. The number of carbonyl (C=O) groups excluding carboxylic acids is 2. The molecule has 7 heteroatoms. The second kappa shape index (κ2) is 8.73. The molecular weight excluding hydrogens is 356 g/mol. The Morgan fingerprint density at radius 3 is 2.61 bits per heavy atom. The van der Waals surface area contributed by atoms with Crippen LogP contribution in [0.25, 0.3) is 10.9 Å². The number of ketones is 1. The highest BCUT2D eigenvalue weighted by molar-refractivity contribution is 6.05. The number of benzene rings is 2. The number of nitrogens with one attached hydrogen (secondary N) is 3. The van der Waals surface area contributed by atoms with Crippen molar-refractivity contribution in [3.05, 3.63) is 48.0 Å². The molecule has 0 aliphatic carbocycles. The van der Waals surface area contributed by atoms with Crippen molar-refractivity contribution in [1.29, 1.82) is 0 Å². The molecule has 0 unspecified atom stereocenters. The van der Waals surface area contributed by atoms with E-state index in [1.165, 1.54) is 6.92 Å². The number of hydrogen-bond donors (Lipinski definition) is 3. The Balaban J connectivity index is 1.65. The van der Waals surface area contributed by atoms with Crippen LogP contribution in [0.5, 0.6) is 5.75 Å². The zero-order valence-corrected chi connectivity index (χ0v) is 15.6. The number of anilines is 2. The lowest BCUT2D eigenvalue weighted by atomic mass is 10.1. The number of hydrogen-bond acceptors (Lipinski definition) is 4. The Morgan fingerprint density at radius 1 is 1.11 bits per heavy atom. The third kappa shape index (κ3) is 4.68. The topological polar surface area (TPSA) is 96.1 Å². The predicted molar refractivity (Wildman–Crippen MR) is 109 cm³/mol. The van der Waals surface area contributed by atoms with Crippen molar-refractivity contribution < 1.29 is 14.3 Å². The van der Waals surface area contributed by atoms with Crippen molar-refractivity contribution in [2.75, 3.05) is 17.2 Å². The summed E-state index contributed by atoms with van der Waals surface area (Å²) in [5, 5.41) is 13.2. The van der Waals surface area contributed by atoms with Crippen molar-refractivity contribution in [3.8, 4) is 17.6 Å². The maximum absolute atomic E-state index is 12.2. The van der Waals surface area contributed by atoms with Crippen LogP contribution in [0.2, 0.25) is 0 Å². The lowest BCUT2D eigenvalue weighted by molar-refractivity contribution is 0.101. The minimum absolute atomic E-state index is 0.0280. The highest BCUT2D eigenvalue weighted by atomic mass is 16.5. The Labute approximate surface area is 162 Å². The van der Waals surface area contributed by atoms with Crippen molar-refractivity contribution >= 4 is 34.2 Å². The first kappa shape index (κ1) is 19.0. The van der Waals surface area contributed by atoms with E-state index in [0.29, 0.717) is 29.4 Å². The number of aromatic amines is 1. The fraction of sp³-hybridized carbons (Fsp3) is 0.190. The molecule has 0 fully saturated rings. The van der Waals surface area contributed by atoms with Crippen LogP contribution in [-0.2, 0) is 0 Å². The molecule has 0 aliphatic rings. The smallest absolute Gasteiger partial charge is 0.324 e. The lowest BCUT2D eigenvalue weighted by Gasteiger charge is -2.07. The molecule has 1 heterocycles. The number of amides is 2. The summed E-state index contributed by atoms with van der Waals surface area (Å²) in [5.74, 6) is 6.91. The number of aromatic nitrogens is 2. The van der Waals surface area contributed by atoms with E-state index < -0.39 is 6.03 Å². The van der Waals surface area contributed by atoms with Crippen molar-refractivity contribution in [1.82, 2.24) is 10.2 Å². The van der Waals surface area contributed by atoms with Gasteiger partial charge in [0.25, 0.3) is 0 Å². The summed E-state index contributed by atoms with van der Waals surface area (Å²) in [4.78, 5) is 23.5. The number of Topliss-reactive ketones (excluding diaryl/α,β-unsaturated/α-hetero) is 1. The summed E-state index contributed by atoms with van der Waals surface area (Å²) in [6.45, 7) is 3.80. The molecule has 3 aromatic rings. The molecule has 3 N–H and O–H groups in total. The molecule has 0 atom stereocenters. The molecular formula is C21H20N4O3. The molecule has 7 nitrogen and oxygen atoms in total. The molecule has 0 bridgehead atoms.